The van der Waals surface area contributed by atoms with Crippen molar-refractivity contribution in [3.05, 3.63) is 74.7 Å². The third-order valence-corrected chi connectivity index (χ3v) is 6.05. The van der Waals surface area contributed by atoms with Crippen LogP contribution in [0.4, 0.5) is 10.1 Å². The van der Waals surface area contributed by atoms with E-state index in [9.17, 15) is 19.1 Å². The molecule has 136 valence electrons. The van der Waals surface area contributed by atoms with Crippen LogP contribution in [0, 0.1) is 5.82 Å². The molecule has 0 radical (unpaired) electrons. The van der Waals surface area contributed by atoms with E-state index in [0.29, 0.717) is 21.8 Å². The lowest BCUT2D eigenvalue weighted by molar-refractivity contribution is -0.116. The number of rotatable bonds is 3. The van der Waals surface area contributed by atoms with Crippen molar-refractivity contribution in [1.29, 1.82) is 0 Å². The van der Waals surface area contributed by atoms with Gasteiger partial charge in [0.1, 0.15) is 10.7 Å². The molecule has 0 spiro atoms. The van der Waals surface area contributed by atoms with Crippen LogP contribution in [0.1, 0.15) is 32.5 Å². The van der Waals surface area contributed by atoms with Crippen molar-refractivity contribution < 1.29 is 19.1 Å². The van der Waals surface area contributed by atoms with E-state index in [0.717, 1.165) is 21.8 Å². The molecular formula is C20H13ClFNO3S. The van der Waals surface area contributed by atoms with Gasteiger partial charge < -0.3 is 10.4 Å². The van der Waals surface area contributed by atoms with Gasteiger partial charge >= 0.3 is 5.97 Å². The summed E-state index contributed by atoms with van der Waals surface area (Å²) in [6.07, 6.45) is 0.179. The number of fused-ring (bicyclic) bond motifs is 1. The molecule has 0 saturated carbocycles. The number of carbonyl (C=O) groups is 2. The van der Waals surface area contributed by atoms with Gasteiger partial charge in [-0.25, -0.2) is 9.18 Å². The first kappa shape index (κ1) is 17.7. The summed E-state index contributed by atoms with van der Waals surface area (Å²) in [4.78, 5) is 25.1. The Morgan fingerprint density at radius 2 is 1.81 bits per heavy atom. The zero-order chi connectivity index (χ0) is 19.1. The maximum Gasteiger partial charge on any atom is 0.346 e. The maximum atomic E-state index is 13.3. The van der Waals surface area contributed by atoms with Crippen molar-refractivity contribution >= 4 is 40.5 Å². The summed E-state index contributed by atoms with van der Waals surface area (Å²) < 4.78 is 13.3. The molecule has 1 amide bonds. The zero-order valence-corrected chi connectivity index (χ0v) is 15.4. The molecule has 3 aromatic rings. The summed E-state index contributed by atoms with van der Waals surface area (Å²) in [5.74, 6) is -1.95. The highest BCUT2D eigenvalue weighted by Gasteiger charge is 2.34. The Kier molecular flexibility index (Phi) is 4.45. The lowest BCUT2D eigenvalue weighted by Gasteiger charge is -2.23. The van der Waals surface area contributed by atoms with Crippen LogP contribution >= 0.6 is 22.9 Å². The summed E-state index contributed by atoms with van der Waals surface area (Å²) in [7, 11) is 0. The lowest BCUT2D eigenvalue weighted by atomic mass is 9.88. The standard InChI is InChI=1S/C20H13ClFNO3S/c21-12-5-1-11(2-6-12)16-17-18(27-19(16)20(25)26)14(9-15(24)23-17)10-3-7-13(22)8-4-10/h1-8,14H,9H2,(H,23,24)(H,25,26). The number of anilines is 1. The molecule has 1 unspecified atom stereocenters. The van der Waals surface area contributed by atoms with Gasteiger partial charge in [0.2, 0.25) is 5.91 Å². The Morgan fingerprint density at radius 1 is 1.15 bits per heavy atom. The summed E-state index contributed by atoms with van der Waals surface area (Å²) in [5, 5.41) is 13.1. The normalized spacial score (nSPS) is 15.9. The molecule has 4 nitrogen and oxygen atoms in total. The fourth-order valence-corrected chi connectivity index (χ4v) is 4.67. The minimum Gasteiger partial charge on any atom is -0.477 e. The van der Waals surface area contributed by atoms with Gasteiger partial charge in [-0.15, -0.1) is 11.3 Å². The van der Waals surface area contributed by atoms with Crippen LogP contribution in [0.3, 0.4) is 0 Å². The first-order valence-electron chi connectivity index (χ1n) is 8.15. The minimum absolute atomic E-state index is 0.150. The van der Waals surface area contributed by atoms with Crippen LogP contribution in [0.25, 0.3) is 11.1 Å². The number of hydrogen-bond acceptors (Lipinski definition) is 3. The van der Waals surface area contributed by atoms with Crippen LogP contribution in [0.5, 0.6) is 0 Å². The smallest absolute Gasteiger partial charge is 0.346 e. The average molecular weight is 402 g/mol. The SMILES string of the molecule is O=C1CC(c2ccc(F)cc2)c2sc(C(=O)O)c(-c3ccc(Cl)cc3)c2N1. The lowest BCUT2D eigenvalue weighted by Crippen LogP contribution is -2.22. The second-order valence-electron chi connectivity index (χ2n) is 6.21. The van der Waals surface area contributed by atoms with E-state index >= 15 is 0 Å². The largest absolute Gasteiger partial charge is 0.477 e. The Bertz CT molecular complexity index is 1040. The van der Waals surface area contributed by atoms with E-state index in [4.69, 9.17) is 11.6 Å². The molecule has 0 aliphatic carbocycles. The van der Waals surface area contributed by atoms with Crippen molar-refractivity contribution in [1.82, 2.24) is 0 Å². The van der Waals surface area contributed by atoms with Crippen LogP contribution in [-0.4, -0.2) is 17.0 Å². The number of amides is 1. The van der Waals surface area contributed by atoms with Crippen molar-refractivity contribution in [3.8, 4) is 11.1 Å². The molecular weight excluding hydrogens is 389 g/mol. The molecule has 7 heteroatoms. The molecule has 1 aliphatic heterocycles. The molecule has 2 aromatic carbocycles. The van der Waals surface area contributed by atoms with Gasteiger partial charge in [0.15, 0.2) is 0 Å². The molecule has 2 N–H and O–H groups in total. The average Bonchev–Trinajstić information content (AvgIpc) is 3.02. The second kappa shape index (κ2) is 6.79. The molecule has 0 saturated heterocycles. The van der Waals surface area contributed by atoms with E-state index in [-0.39, 0.29) is 28.9 Å². The molecule has 0 bridgehead atoms. The number of carbonyl (C=O) groups excluding carboxylic acids is 1. The second-order valence-corrected chi connectivity index (χ2v) is 7.70. The highest BCUT2D eigenvalue weighted by atomic mass is 35.5. The molecule has 27 heavy (non-hydrogen) atoms. The van der Waals surface area contributed by atoms with Crippen molar-refractivity contribution in [2.75, 3.05) is 5.32 Å². The van der Waals surface area contributed by atoms with Crippen molar-refractivity contribution in [2.24, 2.45) is 0 Å². The number of carboxylic acid groups (broad SMARTS) is 1. The van der Waals surface area contributed by atoms with Crippen LogP contribution < -0.4 is 5.32 Å². The van der Waals surface area contributed by atoms with Crippen molar-refractivity contribution in [2.45, 2.75) is 12.3 Å². The highest BCUT2D eigenvalue weighted by Crippen LogP contribution is 2.49. The van der Waals surface area contributed by atoms with Gasteiger partial charge in [0.25, 0.3) is 0 Å². The molecule has 2 heterocycles. The first-order valence-corrected chi connectivity index (χ1v) is 9.34. The van der Waals surface area contributed by atoms with Crippen LogP contribution in [0.2, 0.25) is 5.02 Å². The fraction of sp³-hybridized carbons (Fsp3) is 0.100. The maximum absolute atomic E-state index is 13.3. The number of nitrogens with one attached hydrogen (secondary N) is 1. The number of carboxylic acids is 1. The van der Waals surface area contributed by atoms with Crippen LogP contribution in [-0.2, 0) is 4.79 Å². The van der Waals surface area contributed by atoms with Gasteiger partial charge in [0.05, 0.1) is 5.69 Å². The zero-order valence-electron chi connectivity index (χ0n) is 13.8. The van der Waals surface area contributed by atoms with E-state index in [1.807, 2.05) is 0 Å². The Hall–Kier alpha value is -2.70. The number of benzene rings is 2. The van der Waals surface area contributed by atoms with Gasteiger partial charge in [-0.1, -0.05) is 35.9 Å². The molecule has 0 fully saturated rings. The topological polar surface area (TPSA) is 66.4 Å². The fourth-order valence-electron chi connectivity index (χ4n) is 3.29. The molecule has 1 aromatic heterocycles. The minimum atomic E-state index is -1.06. The molecule has 1 atom stereocenters. The predicted molar refractivity (Wildman–Crippen MR) is 103 cm³/mol. The summed E-state index contributed by atoms with van der Waals surface area (Å²) in [6, 6.07) is 12.7. The van der Waals surface area contributed by atoms with E-state index in [2.05, 4.69) is 5.32 Å². The van der Waals surface area contributed by atoms with E-state index in [1.165, 1.54) is 12.1 Å². The highest BCUT2D eigenvalue weighted by molar-refractivity contribution is 7.15. The quantitative estimate of drug-likeness (QED) is 0.619. The van der Waals surface area contributed by atoms with Gasteiger partial charge in [-0.2, -0.15) is 0 Å². The first-order chi connectivity index (χ1) is 12.9. The van der Waals surface area contributed by atoms with E-state index in [1.54, 1.807) is 36.4 Å². The van der Waals surface area contributed by atoms with Gasteiger partial charge in [-0.05, 0) is 35.4 Å². The molecule has 1 aliphatic rings. The number of aromatic carboxylic acids is 1. The monoisotopic (exact) mass is 401 g/mol. The number of hydrogen-bond donors (Lipinski definition) is 2. The summed E-state index contributed by atoms with van der Waals surface area (Å²) in [6.45, 7) is 0. The number of halogens is 2. The Labute approximate surface area is 163 Å². The predicted octanol–water partition coefficient (Wildman–Crippen LogP) is 5.38. The van der Waals surface area contributed by atoms with Crippen molar-refractivity contribution in [3.63, 3.8) is 0 Å². The van der Waals surface area contributed by atoms with Gasteiger partial charge in [0, 0.05) is 27.8 Å². The number of thiophene rings is 1. The van der Waals surface area contributed by atoms with Crippen LogP contribution in [0.15, 0.2) is 48.5 Å². The van der Waals surface area contributed by atoms with E-state index < -0.39 is 5.97 Å². The third kappa shape index (κ3) is 3.22. The summed E-state index contributed by atoms with van der Waals surface area (Å²) >= 11 is 7.08. The third-order valence-electron chi connectivity index (χ3n) is 4.51. The summed E-state index contributed by atoms with van der Waals surface area (Å²) in [5.41, 5.74) is 2.41. The Balaban J connectivity index is 1.92. The molecule has 4 rings (SSSR count). The van der Waals surface area contributed by atoms with Gasteiger partial charge in [-0.3, -0.25) is 4.79 Å². The Morgan fingerprint density at radius 3 is 2.44 bits per heavy atom.